The normalized spacial score (nSPS) is 17.8. The number of carbonyl (C=O) groups is 2. The Morgan fingerprint density at radius 2 is 1.68 bits per heavy atom. The highest BCUT2D eigenvalue weighted by atomic mass is 16.2. The summed E-state index contributed by atoms with van der Waals surface area (Å²) in [6.07, 6.45) is 0.365. The van der Waals surface area contributed by atoms with Crippen LogP contribution in [0.2, 0.25) is 0 Å². The van der Waals surface area contributed by atoms with Crippen molar-refractivity contribution in [3.63, 3.8) is 0 Å². The molecule has 2 aromatic rings. The molecule has 2 aromatic carbocycles. The average Bonchev–Trinajstić information content (AvgIpc) is 2.96. The molecular formula is C18H18N2O2. The van der Waals surface area contributed by atoms with E-state index in [1.807, 2.05) is 42.5 Å². The summed E-state index contributed by atoms with van der Waals surface area (Å²) in [7, 11) is 0. The summed E-state index contributed by atoms with van der Waals surface area (Å²) in [5.74, 6) is -0.0504. The van der Waals surface area contributed by atoms with Crippen molar-refractivity contribution in [3.8, 4) is 11.1 Å². The molecule has 0 spiro atoms. The highest BCUT2D eigenvalue weighted by Crippen LogP contribution is 2.22. The number of hydrogen-bond acceptors (Lipinski definition) is 3. The Hall–Kier alpha value is -2.46. The van der Waals surface area contributed by atoms with Crippen molar-refractivity contribution < 1.29 is 9.59 Å². The molecule has 4 nitrogen and oxygen atoms in total. The van der Waals surface area contributed by atoms with Gasteiger partial charge in [-0.25, -0.2) is 0 Å². The van der Waals surface area contributed by atoms with Crippen LogP contribution >= 0.6 is 0 Å². The first kappa shape index (κ1) is 14.5. The van der Waals surface area contributed by atoms with Gasteiger partial charge in [-0.1, -0.05) is 42.5 Å². The molecule has 0 aliphatic carbocycles. The lowest BCUT2D eigenvalue weighted by Crippen LogP contribution is -2.40. The summed E-state index contributed by atoms with van der Waals surface area (Å²) in [6, 6.07) is 17.3. The summed E-state index contributed by atoms with van der Waals surface area (Å²) >= 11 is 0. The minimum atomic E-state index is -0.172. The van der Waals surface area contributed by atoms with Crippen LogP contribution in [0.3, 0.4) is 0 Å². The van der Waals surface area contributed by atoms with E-state index in [9.17, 15) is 9.59 Å². The Labute approximate surface area is 129 Å². The molecule has 2 N–H and O–H groups in total. The Kier molecular flexibility index (Phi) is 4.02. The number of amides is 1. The number of carbonyl (C=O) groups excluding carboxylic acids is 2. The van der Waals surface area contributed by atoms with Crippen molar-refractivity contribution in [3.05, 3.63) is 60.2 Å². The van der Waals surface area contributed by atoms with Crippen LogP contribution in [0, 0.1) is 0 Å². The molecule has 1 amide bonds. The second kappa shape index (κ2) is 6.12. The predicted octanol–water partition coefficient (Wildman–Crippen LogP) is 2.10. The zero-order valence-electron chi connectivity index (χ0n) is 12.2. The third kappa shape index (κ3) is 2.78. The van der Waals surface area contributed by atoms with Crippen LogP contribution in [-0.4, -0.2) is 35.7 Å². The quantitative estimate of drug-likeness (QED) is 0.943. The number of hydrogen-bond donors (Lipinski definition) is 1. The van der Waals surface area contributed by atoms with E-state index in [2.05, 4.69) is 0 Å². The van der Waals surface area contributed by atoms with Gasteiger partial charge in [-0.3, -0.25) is 9.59 Å². The first-order valence-electron chi connectivity index (χ1n) is 7.37. The maximum atomic E-state index is 12.5. The van der Waals surface area contributed by atoms with Gasteiger partial charge >= 0.3 is 0 Å². The molecule has 1 aliphatic heterocycles. The molecule has 1 saturated heterocycles. The van der Waals surface area contributed by atoms with Crippen LogP contribution in [-0.2, 0) is 4.79 Å². The molecule has 0 aromatic heterocycles. The summed E-state index contributed by atoms with van der Waals surface area (Å²) in [5.41, 5.74) is 8.42. The maximum absolute atomic E-state index is 12.5. The van der Waals surface area contributed by atoms with Crippen molar-refractivity contribution in [2.45, 2.75) is 12.5 Å². The summed E-state index contributed by atoms with van der Waals surface area (Å²) in [5, 5.41) is 0. The lowest BCUT2D eigenvalue weighted by atomic mass is 10.0. The molecule has 0 bridgehead atoms. The van der Waals surface area contributed by atoms with Gasteiger partial charge in [0.1, 0.15) is 0 Å². The monoisotopic (exact) mass is 294 g/mol. The van der Waals surface area contributed by atoms with E-state index < -0.39 is 0 Å². The smallest absolute Gasteiger partial charge is 0.254 e. The second-order valence-corrected chi connectivity index (χ2v) is 5.51. The number of nitrogens with zero attached hydrogens (tertiary/aromatic N) is 1. The number of benzene rings is 2. The van der Waals surface area contributed by atoms with E-state index in [-0.39, 0.29) is 24.3 Å². The minimum absolute atomic E-state index is 0.0738. The van der Waals surface area contributed by atoms with Gasteiger partial charge in [-0.15, -0.1) is 0 Å². The van der Waals surface area contributed by atoms with Gasteiger partial charge < -0.3 is 10.6 Å². The first-order valence-corrected chi connectivity index (χ1v) is 7.37. The van der Waals surface area contributed by atoms with Gasteiger partial charge in [0.25, 0.3) is 5.91 Å². The SMILES string of the molecule is NCC1CC(=O)CN1C(=O)c1ccc(-c2ccccc2)cc1. The fourth-order valence-corrected chi connectivity index (χ4v) is 2.81. The second-order valence-electron chi connectivity index (χ2n) is 5.51. The standard InChI is InChI=1S/C18H18N2O2/c19-11-16-10-17(21)12-20(16)18(22)15-8-6-14(7-9-15)13-4-2-1-3-5-13/h1-9,16H,10-12,19H2. The molecule has 0 saturated carbocycles. The van der Waals surface area contributed by atoms with Crippen molar-refractivity contribution in [2.75, 3.05) is 13.1 Å². The third-order valence-electron chi connectivity index (χ3n) is 4.02. The average molecular weight is 294 g/mol. The van der Waals surface area contributed by atoms with E-state index in [1.165, 1.54) is 0 Å². The molecule has 1 heterocycles. The van der Waals surface area contributed by atoms with E-state index in [0.29, 0.717) is 18.5 Å². The molecule has 1 aliphatic rings. The van der Waals surface area contributed by atoms with E-state index in [1.54, 1.807) is 17.0 Å². The van der Waals surface area contributed by atoms with Gasteiger partial charge in [0.15, 0.2) is 5.78 Å². The molecule has 22 heavy (non-hydrogen) atoms. The lowest BCUT2D eigenvalue weighted by Gasteiger charge is -2.22. The van der Waals surface area contributed by atoms with Crippen LogP contribution in [0.1, 0.15) is 16.8 Å². The summed E-state index contributed by atoms with van der Waals surface area (Å²) < 4.78 is 0. The Morgan fingerprint density at radius 3 is 2.32 bits per heavy atom. The minimum Gasteiger partial charge on any atom is -0.328 e. The van der Waals surface area contributed by atoms with Crippen LogP contribution in [0.4, 0.5) is 0 Å². The van der Waals surface area contributed by atoms with E-state index in [4.69, 9.17) is 5.73 Å². The van der Waals surface area contributed by atoms with E-state index in [0.717, 1.165) is 11.1 Å². The molecule has 0 radical (unpaired) electrons. The molecule has 112 valence electrons. The predicted molar refractivity (Wildman–Crippen MR) is 85.4 cm³/mol. The topological polar surface area (TPSA) is 63.4 Å². The Balaban J connectivity index is 1.81. The number of Topliss-reactive ketones (excluding diaryl/α,β-unsaturated/α-hetero) is 1. The molecular weight excluding hydrogens is 276 g/mol. The number of nitrogens with two attached hydrogens (primary N) is 1. The summed E-state index contributed by atoms with van der Waals surface area (Å²) in [6.45, 7) is 0.487. The number of rotatable bonds is 3. The number of likely N-dealkylation sites (tertiary alicyclic amines) is 1. The largest absolute Gasteiger partial charge is 0.328 e. The third-order valence-corrected chi connectivity index (χ3v) is 4.02. The highest BCUT2D eigenvalue weighted by molar-refractivity contribution is 5.99. The maximum Gasteiger partial charge on any atom is 0.254 e. The number of ketones is 1. The zero-order valence-corrected chi connectivity index (χ0v) is 12.2. The first-order chi connectivity index (χ1) is 10.7. The Bertz CT molecular complexity index is 680. The fourth-order valence-electron chi connectivity index (χ4n) is 2.81. The van der Waals surface area contributed by atoms with Crippen LogP contribution in [0.15, 0.2) is 54.6 Å². The molecule has 4 heteroatoms. The van der Waals surface area contributed by atoms with Gasteiger partial charge in [-0.05, 0) is 23.3 Å². The summed E-state index contributed by atoms with van der Waals surface area (Å²) in [4.78, 5) is 25.7. The fraction of sp³-hybridized carbons (Fsp3) is 0.222. The highest BCUT2D eigenvalue weighted by Gasteiger charge is 2.33. The van der Waals surface area contributed by atoms with Crippen LogP contribution in [0.5, 0.6) is 0 Å². The van der Waals surface area contributed by atoms with Gasteiger partial charge in [-0.2, -0.15) is 0 Å². The van der Waals surface area contributed by atoms with E-state index >= 15 is 0 Å². The molecule has 3 rings (SSSR count). The van der Waals surface area contributed by atoms with Crippen LogP contribution < -0.4 is 5.73 Å². The van der Waals surface area contributed by atoms with Crippen molar-refractivity contribution in [1.29, 1.82) is 0 Å². The van der Waals surface area contributed by atoms with Crippen LogP contribution in [0.25, 0.3) is 11.1 Å². The molecule has 1 unspecified atom stereocenters. The molecule has 1 atom stereocenters. The van der Waals surface area contributed by atoms with Crippen molar-refractivity contribution >= 4 is 11.7 Å². The van der Waals surface area contributed by atoms with Gasteiger partial charge in [0, 0.05) is 18.5 Å². The van der Waals surface area contributed by atoms with Crippen molar-refractivity contribution in [1.82, 2.24) is 4.90 Å². The Morgan fingerprint density at radius 1 is 1.05 bits per heavy atom. The lowest BCUT2D eigenvalue weighted by molar-refractivity contribution is -0.116. The van der Waals surface area contributed by atoms with Crippen molar-refractivity contribution in [2.24, 2.45) is 5.73 Å². The van der Waals surface area contributed by atoms with Gasteiger partial charge in [0.05, 0.1) is 12.6 Å². The zero-order chi connectivity index (χ0) is 15.5. The molecule has 1 fully saturated rings. The van der Waals surface area contributed by atoms with Gasteiger partial charge in [0.2, 0.25) is 0 Å².